The van der Waals surface area contributed by atoms with E-state index in [-0.39, 0.29) is 6.04 Å². The number of fused-ring (bicyclic) bond motifs is 2. The number of morpholine rings is 1. The van der Waals surface area contributed by atoms with Crippen LogP contribution in [-0.4, -0.2) is 55.3 Å². The van der Waals surface area contributed by atoms with E-state index in [0.29, 0.717) is 19.0 Å². The fourth-order valence-electron chi connectivity index (χ4n) is 4.24. The molecule has 8 nitrogen and oxygen atoms in total. The largest absolute Gasteiger partial charge is 0.377 e. The van der Waals surface area contributed by atoms with E-state index in [1.54, 1.807) is 12.4 Å². The van der Waals surface area contributed by atoms with E-state index in [2.05, 4.69) is 37.4 Å². The molecule has 0 aromatic carbocycles. The van der Waals surface area contributed by atoms with Gasteiger partial charge in [0.05, 0.1) is 36.5 Å². The van der Waals surface area contributed by atoms with Crippen LogP contribution in [0.4, 0.5) is 5.82 Å². The summed E-state index contributed by atoms with van der Waals surface area (Å²) in [6.45, 7) is 4.33. The standard InChI is InChI=1S/C23H21N7O/c1-15-14-31-12-11-29(15)22-19-6-10-30(16-3-2-7-24-13-16)23(19)28-21(27-22)18-5-9-26-20-17(18)4-8-25-20/h2-10,13,15H,11-12,14H2,1H3,(H,25,26)/t15-/m1/s1. The van der Waals surface area contributed by atoms with Crippen molar-refractivity contribution in [2.45, 2.75) is 13.0 Å². The SMILES string of the molecule is C[C@@H]1COCCN1c1nc(-c2ccnc3[nH]ccc23)nc2c1ccn2-c1cccnc1. The predicted octanol–water partition coefficient (Wildman–Crippen LogP) is 3.58. The quantitative estimate of drug-likeness (QED) is 0.488. The van der Waals surface area contributed by atoms with Gasteiger partial charge in [0.15, 0.2) is 11.5 Å². The molecule has 0 aliphatic carbocycles. The number of ether oxygens (including phenoxy) is 1. The Morgan fingerprint density at radius 2 is 2.06 bits per heavy atom. The summed E-state index contributed by atoms with van der Waals surface area (Å²) < 4.78 is 7.74. The number of hydrogen-bond acceptors (Lipinski definition) is 6. The molecule has 1 aliphatic rings. The summed E-state index contributed by atoms with van der Waals surface area (Å²) in [6, 6.07) is 10.3. The van der Waals surface area contributed by atoms with Gasteiger partial charge in [-0.25, -0.2) is 15.0 Å². The summed E-state index contributed by atoms with van der Waals surface area (Å²) in [6.07, 6.45) is 9.33. The van der Waals surface area contributed by atoms with Crippen LogP contribution in [0.15, 0.2) is 61.3 Å². The van der Waals surface area contributed by atoms with Crippen LogP contribution in [0.5, 0.6) is 0 Å². The summed E-state index contributed by atoms with van der Waals surface area (Å²) in [5.41, 5.74) is 3.59. The molecule has 6 rings (SSSR count). The van der Waals surface area contributed by atoms with E-state index in [4.69, 9.17) is 14.7 Å². The first kappa shape index (κ1) is 18.0. The number of H-pyrrole nitrogens is 1. The second-order valence-corrected chi connectivity index (χ2v) is 7.72. The lowest BCUT2D eigenvalue weighted by atomic mass is 10.1. The summed E-state index contributed by atoms with van der Waals surface area (Å²) in [5, 5.41) is 2.02. The van der Waals surface area contributed by atoms with Gasteiger partial charge < -0.3 is 14.6 Å². The van der Waals surface area contributed by atoms with Crippen LogP contribution < -0.4 is 4.90 Å². The molecule has 5 aromatic heterocycles. The molecule has 0 spiro atoms. The molecule has 1 atom stereocenters. The third-order valence-electron chi connectivity index (χ3n) is 5.79. The molecule has 154 valence electrons. The number of pyridine rings is 2. The minimum atomic E-state index is 0.228. The molecule has 0 unspecified atom stereocenters. The van der Waals surface area contributed by atoms with E-state index < -0.39 is 0 Å². The minimum absolute atomic E-state index is 0.228. The second-order valence-electron chi connectivity index (χ2n) is 7.72. The Balaban J connectivity index is 1.63. The molecular formula is C23H21N7O. The van der Waals surface area contributed by atoms with E-state index in [1.165, 1.54) is 0 Å². The topological polar surface area (TPSA) is 84.8 Å². The third kappa shape index (κ3) is 2.95. The third-order valence-corrected chi connectivity index (χ3v) is 5.79. The second kappa shape index (κ2) is 7.17. The van der Waals surface area contributed by atoms with Crippen molar-refractivity contribution in [1.82, 2.24) is 29.5 Å². The van der Waals surface area contributed by atoms with E-state index >= 15 is 0 Å². The lowest BCUT2D eigenvalue weighted by molar-refractivity contribution is 0.0987. The molecule has 1 N–H and O–H groups in total. The Morgan fingerprint density at radius 1 is 1.10 bits per heavy atom. The van der Waals surface area contributed by atoms with E-state index in [0.717, 1.165) is 45.7 Å². The molecule has 0 saturated carbocycles. The number of anilines is 1. The first-order chi connectivity index (χ1) is 15.3. The van der Waals surface area contributed by atoms with Crippen molar-refractivity contribution in [3.05, 3.63) is 61.3 Å². The van der Waals surface area contributed by atoms with E-state index in [9.17, 15) is 0 Å². The first-order valence-corrected chi connectivity index (χ1v) is 10.4. The summed E-state index contributed by atoms with van der Waals surface area (Å²) >= 11 is 0. The molecule has 0 radical (unpaired) electrons. The van der Waals surface area contributed by atoms with Crippen molar-refractivity contribution in [1.29, 1.82) is 0 Å². The molecule has 5 aromatic rings. The Kier molecular flexibility index (Phi) is 4.17. The van der Waals surface area contributed by atoms with Gasteiger partial charge in [0.1, 0.15) is 11.5 Å². The van der Waals surface area contributed by atoms with Gasteiger partial charge in [-0.3, -0.25) is 9.55 Å². The number of aromatic amines is 1. The number of rotatable bonds is 3. The van der Waals surface area contributed by atoms with Gasteiger partial charge in [-0.15, -0.1) is 0 Å². The van der Waals surface area contributed by atoms with Crippen LogP contribution in [-0.2, 0) is 4.74 Å². The zero-order valence-corrected chi connectivity index (χ0v) is 17.1. The first-order valence-electron chi connectivity index (χ1n) is 10.4. The fourth-order valence-corrected chi connectivity index (χ4v) is 4.24. The molecule has 1 aliphatic heterocycles. The number of hydrogen-bond donors (Lipinski definition) is 1. The van der Waals surface area contributed by atoms with Crippen LogP contribution in [0, 0.1) is 0 Å². The molecule has 31 heavy (non-hydrogen) atoms. The van der Waals surface area contributed by atoms with Crippen LogP contribution >= 0.6 is 0 Å². The van der Waals surface area contributed by atoms with Crippen LogP contribution in [0.1, 0.15) is 6.92 Å². The summed E-state index contributed by atoms with van der Waals surface area (Å²) in [4.78, 5) is 24.3. The molecular weight excluding hydrogens is 390 g/mol. The monoisotopic (exact) mass is 411 g/mol. The Labute approximate surface area is 178 Å². The Morgan fingerprint density at radius 3 is 2.94 bits per heavy atom. The van der Waals surface area contributed by atoms with Gasteiger partial charge in [-0.05, 0) is 37.3 Å². The molecule has 8 heteroatoms. The normalized spacial score (nSPS) is 16.9. The molecule has 6 heterocycles. The van der Waals surface area contributed by atoms with Gasteiger partial charge >= 0.3 is 0 Å². The maximum Gasteiger partial charge on any atom is 0.164 e. The number of aromatic nitrogens is 6. The highest BCUT2D eigenvalue weighted by Gasteiger charge is 2.25. The highest BCUT2D eigenvalue weighted by atomic mass is 16.5. The fraction of sp³-hybridized carbons (Fsp3) is 0.217. The average molecular weight is 411 g/mol. The van der Waals surface area contributed by atoms with Crippen LogP contribution in [0.25, 0.3) is 39.1 Å². The Bertz CT molecular complexity index is 1380. The maximum atomic E-state index is 5.67. The lowest BCUT2D eigenvalue weighted by Gasteiger charge is -2.34. The van der Waals surface area contributed by atoms with Crippen molar-refractivity contribution >= 4 is 27.9 Å². The maximum absolute atomic E-state index is 5.67. The van der Waals surface area contributed by atoms with Gasteiger partial charge in [0.25, 0.3) is 0 Å². The average Bonchev–Trinajstić information content (AvgIpc) is 3.46. The van der Waals surface area contributed by atoms with Crippen LogP contribution in [0.2, 0.25) is 0 Å². The molecule has 0 amide bonds. The Hall–Kier alpha value is -3.78. The van der Waals surface area contributed by atoms with Crippen molar-refractivity contribution in [2.24, 2.45) is 0 Å². The van der Waals surface area contributed by atoms with Gasteiger partial charge in [0.2, 0.25) is 0 Å². The highest BCUT2D eigenvalue weighted by molar-refractivity contribution is 5.95. The zero-order valence-electron chi connectivity index (χ0n) is 17.1. The van der Waals surface area contributed by atoms with Crippen molar-refractivity contribution in [3.8, 4) is 17.1 Å². The van der Waals surface area contributed by atoms with Gasteiger partial charge in [-0.2, -0.15) is 0 Å². The summed E-state index contributed by atoms with van der Waals surface area (Å²) in [7, 11) is 0. The number of nitrogens with one attached hydrogen (secondary N) is 1. The van der Waals surface area contributed by atoms with Crippen LogP contribution in [0.3, 0.4) is 0 Å². The predicted molar refractivity (Wildman–Crippen MR) is 119 cm³/mol. The van der Waals surface area contributed by atoms with Gasteiger partial charge in [0, 0.05) is 42.3 Å². The van der Waals surface area contributed by atoms with Crippen molar-refractivity contribution < 1.29 is 4.74 Å². The lowest BCUT2D eigenvalue weighted by Crippen LogP contribution is -2.44. The van der Waals surface area contributed by atoms with Crippen molar-refractivity contribution in [3.63, 3.8) is 0 Å². The number of nitrogens with zero attached hydrogens (tertiary/aromatic N) is 6. The van der Waals surface area contributed by atoms with Gasteiger partial charge in [-0.1, -0.05) is 0 Å². The smallest absolute Gasteiger partial charge is 0.164 e. The molecule has 1 fully saturated rings. The van der Waals surface area contributed by atoms with E-state index in [1.807, 2.05) is 42.9 Å². The summed E-state index contributed by atoms with van der Waals surface area (Å²) in [5.74, 6) is 1.61. The molecule has 0 bridgehead atoms. The molecule has 1 saturated heterocycles. The highest BCUT2D eigenvalue weighted by Crippen LogP contribution is 2.33. The minimum Gasteiger partial charge on any atom is -0.377 e. The zero-order chi connectivity index (χ0) is 20.8. The van der Waals surface area contributed by atoms with Crippen molar-refractivity contribution in [2.75, 3.05) is 24.7 Å².